The van der Waals surface area contributed by atoms with Crippen LogP contribution in [-0.4, -0.2) is 37.3 Å². The molecule has 30 heavy (non-hydrogen) atoms. The topological polar surface area (TPSA) is 18.5 Å². The number of rotatable bonds is 12. The van der Waals surface area contributed by atoms with Gasteiger partial charge in [-0.2, -0.15) is 0 Å². The molecule has 2 nitrogen and oxygen atoms in total. The molecule has 182 valence electrons. The highest BCUT2D eigenvalue weighted by Gasteiger charge is 2.45. The Balaban J connectivity index is 0.00000407. The molecule has 0 aliphatic heterocycles. The minimum atomic E-state index is -1.60. The van der Waals surface area contributed by atoms with Gasteiger partial charge in [0, 0.05) is 6.61 Å². The Morgan fingerprint density at radius 2 is 1.33 bits per heavy atom. The maximum absolute atomic E-state index is 14.6. The van der Waals surface area contributed by atoms with Gasteiger partial charge in [-0.25, -0.2) is 8.78 Å². The highest BCUT2D eigenvalue weighted by atomic mass is 19.2. The lowest BCUT2D eigenvalue weighted by molar-refractivity contribution is -0.154. The summed E-state index contributed by atoms with van der Waals surface area (Å²) in [5.41, 5.74) is 0. The van der Waals surface area contributed by atoms with Gasteiger partial charge >= 0.3 is 0 Å². The zero-order chi connectivity index (χ0) is 23.4. The lowest BCUT2D eigenvalue weighted by Gasteiger charge is -2.40. The second kappa shape index (κ2) is 15.6. The summed E-state index contributed by atoms with van der Waals surface area (Å²) in [5.74, 6) is 2.51. The molecule has 0 N–H and O–H groups in total. The van der Waals surface area contributed by atoms with Crippen LogP contribution in [0, 0.1) is 29.6 Å². The van der Waals surface area contributed by atoms with Gasteiger partial charge in [-0.15, -0.1) is 0 Å². The van der Waals surface area contributed by atoms with Crippen molar-refractivity contribution in [1.29, 1.82) is 0 Å². The van der Waals surface area contributed by atoms with Crippen LogP contribution in [0.25, 0.3) is 0 Å². The summed E-state index contributed by atoms with van der Waals surface area (Å²) in [5, 5.41) is 0. The van der Waals surface area contributed by atoms with Gasteiger partial charge < -0.3 is 9.47 Å². The van der Waals surface area contributed by atoms with Gasteiger partial charge in [0.15, 0.2) is 12.3 Å². The molecule has 1 aliphatic rings. The van der Waals surface area contributed by atoms with E-state index in [1.807, 2.05) is 34.6 Å². The zero-order valence-electron chi connectivity index (χ0n) is 21.6. The first-order valence-electron chi connectivity index (χ1n) is 12.6. The molecule has 4 heteroatoms. The van der Waals surface area contributed by atoms with Crippen LogP contribution in [0.2, 0.25) is 0 Å². The minimum Gasteiger partial charge on any atom is -0.375 e. The molecule has 0 spiro atoms. The Bertz CT molecular complexity index is 416. The Morgan fingerprint density at radius 1 is 0.800 bits per heavy atom. The monoisotopic (exact) mass is 434 g/mol. The summed E-state index contributed by atoms with van der Waals surface area (Å²) in [6.45, 7) is 21.6. The van der Waals surface area contributed by atoms with Gasteiger partial charge in [0.05, 0.1) is 18.3 Å². The average molecular weight is 435 g/mol. The molecular weight excluding hydrogens is 382 g/mol. The van der Waals surface area contributed by atoms with E-state index in [1.165, 1.54) is 19.3 Å². The van der Waals surface area contributed by atoms with E-state index in [0.717, 1.165) is 18.3 Å². The van der Waals surface area contributed by atoms with Crippen molar-refractivity contribution in [3.8, 4) is 0 Å². The first-order chi connectivity index (χ1) is 14.0. The van der Waals surface area contributed by atoms with E-state index in [-0.39, 0.29) is 12.0 Å². The fourth-order valence-corrected chi connectivity index (χ4v) is 4.10. The lowest BCUT2D eigenvalue weighted by atomic mass is 9.83. The van der Waals surface area contributed by atoms with E-state index < -0.39 is 24.6 Å². The molecule has 0 aromatic carbocycles. The first-order valence-corrected chi connectivity index (χ1v) is 12.6. The van der Waals surface area contributed by atoms with E-state index in [4.69, 9.17) is 9.47 Å². The van der Waals surface area contributed by atoms with Crippen LogP contribution in [-0.2, 0) is 9.47 Å². The van der Waals surface area contributed by atoms with Crippen molar-refractivity contribution in [2.45, 2.75) is 132 Å². The van der Waals surface area contributed by atoms with Gasteiger partial charge in [0.25, 0.3) is 0 Å². The molecular formula is C26H52F2O2. The number of alkyl halides is 2. The summed E-state index contributed by atoms with van der Waals surface area (Å²) in [6, 6.07) is 0. The van der Waals surface area contributed by atoms with Crippen LogP contribution in [0.15, 0.2) is 0 Å². The predicted molar refractivity (Wildman–Crippen MR) is 125 cm³/mol. The summed E-state index contributed by atoms with van der Waals surface area (Å²) in [6.07, 6.45) is 0.718. The summed E-state index contributed by atoms with van der Waals surface area (Å²) in [4.78, 5) is 0. The zero-order valence-corrected chi connectivity index (χ0v) is 21.6. The summed E-state index contributed by atoms with van der Waals surface area (Å²) in [7, 11) is 0. The molecule has 0 bridgehead atoms. The van der Waals surface area contributed by atoms with Crippen molar-refractivity contribution < 1.29 is 18.3 Å². The van der Waals surface area contributed by atoms with E-state index in [0.29, 0.717) is 24.9 Å². The second-order valence-electron chi connectivity index (χ2n) is 10.2. The largest absolute Gasteiger partial charge is 0.375 e. The molecule has 1 rings (SSSR count). The highest BCUT2D eigenvalue weighted by Crippen LogP contribution is 2.34. The molecule has 1 aliphatic carbocycles. The number of halogens is 2. The Hall–Kier alpha value is -0.220. The van der Waals surface area contributed by atoms with Crippen LogP contribution < -0.4 is 0 Å². The van der Waals surface area contributed by atoms with Crippen LogP contribution in [0.1, 0.15) is 101 Å². The number of hydrogen-bond donors (Lipinski definition) is 0. The Morgan fingerprint density at radius 3 is 1.83 bits per heavy atom. The maximum atomic E-state index is 14.6. The summed E-state index contributed by atoms with van der Waals surface area (Å²) < 4.78 is 40.5. The molecule has 8 unspecified atom stereocenters. The van der Waals surface area contributed by atoms with Gasteiger partial charge in [-0.05, 0) is 56.3 Å². The Labute approximate surface area is 186 Å². The first kappa shape index (κ1) is 29.8. The Kier molecular flexibility index (Phi) is 15.4. The van der Waals surface area contributed by atoms with Crippen molar-refractivity contribution in [2.24, 2.45) is 29.6 Å². The van der Waals surface area contributed by atoms with Gasteiger partial charge in [-0.3, -0.25) is 0 Å². The standard InChI is InChI=1S/C24H46F2O2.C2H6/c1-15(2)9-11-18(6)19(7)12-10-17(5)14-27-21-13-20(8)24(28-16(3)4)23(26)22(21)25;1-2/h15-24H,9-14H2,1-8H3;1-2H3. The predicted octanol–water partition coefficient (Wildman–Crippen LogP) is 8.03. The molecule has 0 radical (unpaired) electrons. The molecule has 0 saturated heterocycles. The minimum absolute atomic E-state index is 0.0356. The highest BCUT2D eigenvalue weighted by molar-refractivity contribution is 4.93. The molecule has 0 amide bonds. The van der Waals surface area contributed by atoms with Crippen LogP contribution in [0.4, 0.5) is 8.78 Å². The van der Waals surface area contributed by atoms with Crippen LogP contribution in [0.3, 0.4) is 0 Å². The number of hydrogen-bond acceptors (Lipinski definition) is 2. The third kappa shape index (κ3) is 10.9. The van der Waals surface area contributed by atoms with Gasteiger partial charge in [0.1, 0.15) is 0 Å². The summed E-state index contributed by atoms with van der Waals surface area (Å²) >= 11 is 0. The molecule has 0 aromatic rings. The fourth-order valence-electron chi connectivity index (χ4n) is 4.10. The molecule has 1 fully saturated rings. The van der Waals surface area contributed by atoms with E-state index in [2.05, 4.69) is 34.6 Å². The smallest absolute Gasteiger partial charge is 0.160 e. The van der Waals surface area contributed by atoms with Gasteiger partial charge in [0.2, 0.25) is 0 Å². The molecule has 0 aromatic heterocycles. The van der Waals surface area contributed by atoms with Gasteiger partial charge in [-0.1, -0.05) is 74.7 Å². The van der Waals surface area contributed by atoms with Crippen molar-refractivity contribution in [2.75, 3.05) is 6.61 Å². The third-order valence-corrected chi connectivity index (χ3v) is 6.45. The third-order valence-electron chi connectivity index (χ3n) is 6.45. The van der Waals surface area contributed by atoms with Crippen LogP contribution in [0.5, 0.6) is 0 Å². The SMILES string of the molecule is CC.CC(C)CCC(C)C(C)CCC(C)COC1CC(C)C(OC(C)C)C(F)C1F. The molecule has 8 atom stereocenters. The number of ether oxygens (including phenoxy) is 2. The van der Waals surface area contributed by atoms with E-state index in [1.54, 1.807) is 0 Å². The average Bonchev–Trinajstić information content (AvgIpc) is 2.70. The molecule has 0 heterocycles. The van der Waals surface area contributed by atoms with E-state index in [9.17, 15) is 8.78 Å². The van der Waals surface area contributed by atoms with Crippen LogP contribution >= 0.6 is 0 Å². The second-order valence-corrected chi connectivity index (χ2v) is 10.2. The normalized spacial score (nSPS) is 30.0. The molecule has 1 saturated carbocycles. The lowest BCUT2D eigenvalue weighted by Crippen LogP contribution is -2.51. The van der Waals surface area contributed by atoms with E-state index >= 15 is 0 Å². The quantitative estimate of drug-likeness (QED) is 0.309. The fraction of sp³-hybridized carbons (Fsp3) is 1.00. The van der Waals surface area contributed by atoms with Crippen molar-refractivity contribution >= 4 is 0 Å². The van der Waals surface area contributed by atoms with Crippen molar-refractivity contribution in [3.05, 3.63) is 0 Å². The van der Waals surface area contributed by atoms with Crippen molar-refractivity contribution in [3.63, 3.8) is 0 Å². The van der Waals surface area contributed by atoms with Crippen molar-refractivity contribution in [1.82, 2.24) is 0 Å². The maximum Gasteiger partial charge on any atom is 0.160 e.